The van der Waals surface area contributed by atoms with Crippen molar-refractivity contribution < 1.29 is 4.79 Å². The van der Waals surface area contributed by atoms with E-state index >= 15 is 0 Å². The van der Waals surface area contributed by atoms with Gasteiger partial charge in [0.1, 0.15) is 5.78 Å². The lowest BCUT2D eigenvalue weighted by Crippen LogP contribution is -2.61. The van der Waals surface area contributed by atoms with Crippen LogP contribution in [0.15, 0.2) is 12.2 Å². The fraction of sp³-hybridized carbons (Fsp3) is 0.826. The first kappa shape index (κ1) is 17.3. The van der Waals surface area contributed by atoms with Crippen LogP contribution in [0.25, 0.3) is 0 Å². The summed E-state index contributed by atoms with van der Waals surface area (Å²) in [5.41, 5.74) is 1.53. The second-order valence-electron chi connectivity index (χ2n) is 10.1. The van der Waals surface area contributed by atoms with Crippen LogP contribution >= 0.6 is 0 Å². The molecule has 0 spiro atoms. The van der Waals surface area contributed by atoms with Gasteiger partial charge in [-0.25, -0.2) is 0 Å². The number of hydrogen-bond donors (Lipinski definition) is 0. The van der Waals surface area contributed by atoms with Crippen LogP contribution in [-0.4, -0.2) is 5.78 Å². The van der Waals surface area contributed by atoms with E-state index in [2.05, 4.69) is 33.4 Å². The van der Waals surface area contributed by atoms with Gasteiger partial charge in [-0.05, 0) is 80.0 Å². The minimum atomic E-state index is -0.193. The minimum absolute atomic E-state index is 0.157. The quantitative estimate of drug-likeness (QED) is 0.532. The maximum absolute atomic E-state index is 12.3. The highest BCUT2D eigenvalue weighted by Crippen LogP contribution is 2.71. The highest BCUT2D eigenvalue weighted by Gasteiger charge is 2.66. The van der Waals surface area contributed by atoms with E-state index in [1.807, 2.05) is 0 Å². The van der Waals surface area contributed by atoms with Gasteiger partial charge in [-0.2, -0.15) is 5.26 Å². The molecule has 0 amide bonds. The van der Waals surface area contributed by atoms with Gasteiger partial charge >= 0.3 is 0 Å². The highest BCUT2D eigenvalue weighted by atomic mass is 16.1. The molecule has 0 N–H and O–H groups in total. The predicted octanol–water partition coefficient (Wildman–Crippen LogP) is 5.68. The first-order valence-electron chi connectivity index (χ1n) is 10.4. The predicted molar refractivity (Wildman–Crippen MR) is 99.6 cm³/mol. The lowest BCUT2D eigenvalue weighted by molar-refractivity contribution is -0.166. The van der Waals surface area contributed by atoms with E-state index in [1.165, 1.54) is 24.8 Å². The molecule has 0 aromatic heterocycles. The Kier molecular flexibility index (Phi) is 3.77. The highest BCUT2D eigenvalue weighted by molar-refractivity contribution is 5.82. The number of fused-ring (bicyclic) bond motifs is 5. The van der Waals surface area contributed by atoms with E-state index in [0.717, 1.165) is 38.5 Å². The largest absolute Gasteiger partial charge is 0.299 e. The molecule has 4 fully saturated rings. The van der Waals surface area contributed by atoms with Gasteiger partial charge in [0.2, 0.25) is 0 Å². The van der Waals surface area contributed by atoms with E-state index in [-0.39, 0.29) is 22.2 Å². The summed E-state index contributed by atoms with van der Waals surface area (Å²) in [5.74, 6) is 2.05. The number of Topliss-reactive ketones (excluding diaryl/α,β-unsaturated/α-hetero) is 1. The Hall–Kier alpha value is -1.10. The van der Waals surface area contributed by atoms with Crippen molar-refractivity contribution in [3.05, 3.63) is 12.2 Å². The summed E-state index contributed by atoms with van der Waals surface area (Å²) in [6.07, 6.45) is 9.65. The average molecular weight is 340 g/mol. The molecule has 4 rings (SSSR count). The smallest absolute Gasteiger partial charge is 0.136 e. The molecule has 2 heteroatoms. The summed E-state index contributed by atoms with van der Waals surface area (Å²) < 4.78 is 0. The zero-order valence-electron chi connectivity index (χ0n) is 16.2. The Bertz CT molecular complexity index is 659. The molecule has 25 heavy (non-hydrogen) atoms. The van der Waals surface area contributed by atoms with Crippen LogP contribution in [0.1, 0.15) is 78.6 Å². The summed E-state index contributed by atoms with van der Waals surface area (Å²) in [6.45, 7) is 11.4. The lowest BCUT2D eigenvalue weighted by Gasteiger charge is -2.66. The standard InChI is InChI=1S/C23H33NO/c1-15-6-5-7-19-21(15,3)12-10-20-22(4)11-9-18(25)16(2)17(22)8-13-23(19,20)14-24/h16-17,19-20H,1,5-13H2,2-4H3/t16-,17-,19+,20+,21+,22-,23+/m0/s1. The molecule has 7 atom stereocenters. The van der Waals surface area contributed by atoms with Crippen molar-refractivity contribution in [1.82, 2.24) is 0 Å². The Morgan fingerprint density at radius 2 is 1.84 bits per heavy atom. The Balaban J connectivity index is 1.78. The molecule has 2 nitrogen and oxygen atoms in total. The molecule has 4 saturated carbocycles. The molecule has 0 aliphatic heterocycles. The Morgan fingerprint density at radius 3 is 2.56 bits per heavy atom. The van der Waals surface area contributed by atoms with E-state index < -0.39 is 0 Å². The maximum atomic E-state index is 12.3. The van der Waals surface area contributed by atoms with Crippen molar-refractivity contribution in [2.24, 2.45) is 39.9 Å². The molecule has 0 aromatic carbocycles. The van der Waals surface area contributed by atoms with Crippen LogP contribution in [0, 0.1) is 51.2 Å². The summed E-state index contributed by atoms with van der Waals surface area (Å²) >= 11 is 0. The number of nitriles is 1. The summed E-state index contributed by atoms with van der Waals surface area (Å²) in [5, 5.41) is 10.5. The minimum Gasteiger partial charge on any atom is -0.299 e. The summed E-state index contributed by atoms with van der Waals surface area (Å²) in [4.78, 5) is 12.3. The summed E-state index contributed by atoms with van der Waals surface area (Å²) in [6, 6.07) is 2.92. The normalized spacial score (nSPS) is 52.6. The van der Waals surface area contributed by atoms with E-state index in [4.69, 9.17) is 0 Å². The van der Waals surface area contributed by atoms with Crippen LogP contribution in [-0.2, 0) is 4.79 Å². The van der Waals surface area contributed by atoms with Gasteiger partial charge in [0.05, 0.1) is 11.5 Å². The average Bonchev–Trinajstić information content (AvgIpc) is 2.59. The Labute approximate surface area is 153 Å². The van der Waals surface area contributed by atoms with Gasteiger partial charge in [-0.3, -0.25) is 4.79 Å². The lowest BCUT2D eigenvalue weighted by atomic mass is 9.36. The number of allylic oxidation sites excluding steroid dienone is 1. The number of ketones is 1. The molecular formula is C23H33NO. The van der Waals surface area contributed by atoms with Crippen molar-refractivity contribution in [2.75, 3.05) is 0 Å². The van der Waals surface area contributed by atoms with Crippen LogP contribution in [0.3, 0.4) is 0 Å². The molecule has 0 heterocycles. The molecule has 0 radical (unpaired) electrons. The summed E-state index contributed by atoms with van der Waals surface area (Å²) in [7, 11) is 0. The van der Waals surface area contributed by atoms with Gasteiger partial charge in [0.15, 0.2) is 0 Å². The van der Waals surface area contributed by atoms with Crippen LogP contribution in [0.2, 0.25) is 0 Å². The van der Waals surface area contributed by atoms with Crippen molar-refractivity contribution in [2.45, 2.75) is 78.6 Å². The molecule has 0 aromatic rings. The SMILES string of the molecule is C=C1CCC[C@H]2[C@]3(C#N)CC[C@H]4[C@H](C)C(=O)CC[C@]4(C)[C@H]3CC[C@]12C. The van der Waals surface area contributed by atoms with Gasteiger partial charge < -0.3 is 0 Å². The van der Waals surface area contributed by atoms with Crippen molar-refractivity contribution in [3.8, 4) is 6.07 Å². The second-order valence-corrected chi connectivity index (χ2v) is 10.1. The monoisotopic (exact) mass is 339 g/mol. The fourth-order valence-corrected chi connectivity index (χ4v) is 7.98. The number of carbonyl (C=O) groups excluding carboxylic acids is 1. The second kappa shape index (κ2) is 5.45. The molecule has 0 bridgehead atoms. The third-order valence-electron chi connectivity index (χ3n) is 9.49. The molecule has 4 aliphatic rings. The zero-order valence-corrected chi connectivity index (χ0v) is 16.2. The van der Waals surface area contributed by atoms with Gasteiger partial charge in [-0.15, -0.1) is 0 Å². The molecule has 4 aliphatic carbocycles. The Morgan fingerprint density at radius 1 is 1.08 bits per heavy atom. The van der Waals surface area contributed by atoms with Crippen LogP contribution < -0.4 is 0 Å². The van der Waals surface area contributed by atoms with Crippen molar-refractivity contribution >= 4 is 5.78 Å². The number of rotatable bonds is 0. The van der Waals surface area contributed by atoms with Gasteiger partial charge in [0.25, 0.3) is 0 Å². The fourth-order valence-electron chi connectivity index (χ4n) is 7.98. The van der Waals surface area contributed by atoms with Gasteiger partial charge in [0, 0.05) is 12.3 Å². The van der Waals surface area contributed by atoms with E-state index in [9.17, 15) is 10.1 Å². The number of carbonyl (C=O) groups is 1. The van der Waals surface area contributed by atoms with Gasteiger partial charge in [-0.1, -0.05) is 32.9 Å². The molecule has 0 saturated heterocycles. The zero-order chi connectivity index (χ0) is 18.0. The number of nitrogens with zero attached hydrogens (tertiary/aromatic N) is 1. The third kappa shape index (κ3) is 2.05. The van der Waals surface area contributed by atoms with Crippen LogP contribution in [0.4, 0.5) is 0 Å². The van der Waals surface area contributed by atoms with Crippen molar-refractivity contribution in [1.29, 1.82) is 5.26 Å². The molecular weight excluding hydrogens is 306 g/mol. The van der Waals surface area contributed by atoms with Crippen LogP contribution in [0.5, 0.6) is 0 Å². The first-order valence-corrected chi connectivity index (χ1v) is 10.4. The first-order chi connectivity index (χ1) is 11.8. The molecule has 0 unspecified atom stereocenters. The third-order valence-corrected chi connectivity index (χ3v) is 9.49. The van der Waals surface area contributed by atoms with E-state index in [1.54, 1.807) is 0 Å². The number of hydrogen-bond acceptors (Lipinski definition) is 2. The maximum Gasteiger partial charge on any atom is 0.136 e. The van der Waals surface area contributed by atoms with Crippen molar-refractivity contribution in [3.63, 3.8) is 0 Å². The molecule has 136 valence electrons. The topological polar surface area (TPSA) is 40.9 Å². The van der Waals surface area contributed by atoms with E-state index in [0.29, 0.717) is 23.5 Å².